The predicted octanol–water partition coefficient (Wildman–Crippen LogP) is 3.19. The molecule has 2 heterocycles. The van der Waals surface area contributed by atoms with Crippen LogP contribution in [0.5, 0.6) is 0 Å². The molecule has 0 amide bonds. The lowest BCUT2D eigenvalue weighted by atomic mass is 10.2. The van der Waals surface area contributed by atoms with Crippen LogP contribution < -0.4 is 5.32 Å². The van der Waals surface area contributed by atoms with Crippen LogP contribution in [0.1, 0.15) is 6.92 Å². The van der Waals surface area contributed by atoms with Gasteiger partial charge in [0.15, 0.2) is 5.82 Å². The van der Waals surface area contributed by atoms with Crippen molar-refractivity contribution in [1.29, 1.82) is 0 Å². The summed E-state index contributed by atoms with van der Waals surface area (Å²) in [5.74, 6) is 0.682. The number of hydrogen-bond acceptors (Lipinski definition) is 5. The Hall–Kier alpha value is -2.01. The Kier molecular flexibility index (Phi) is 2.90. The zero-order valence-electron chi connectivity index (χ0n) is 9.92. The smallest absolute Gasteiger partial charge is 0.202 e. The van der Waals surface area contributed by atoms with E-state index in [0.717, 1.165) is 28.3 Å². The fraction of sp³-hybridized carbons (Fsp3) is 0.154. The second kappa shape index (κ2) is 4.70. The lowest BCUT2D eigenvalue weighted by molar-refractivity contribution is 1.18. The zero-order chi connectivity index (χ0) is 12.4. The Bertz CT molecular complexity index is 677. The summed E-state index contributed by atoms with van der Waals surface area (Å²) in [4.78, 5) is 8.98. The van der Waals surface area contributed by atoms with Crippen molar-refractivity contribution >= 4 is 27.6 Å². The first-order chi connectivity index (χ1) is 8.86. The average Bonchev–Trinajstić information content (AvgIpc) is 2.87. The summed E-state index contributed by atoms with van der Waals surface area (Å²) in [7, 11) is 0. The second-order valence-corrected chi connectivity index (χ2v) is 4.59. The Labute approximate surface area is 109 Å². The second-order valence-electron chi connectivity index (χ2n) is 3.84. The maximum absolute atomic E-state index is 4.57. The number of nitrogens with one attached hydrogen (secondary N) is 1. The lowest BCUT2D eigenvalue weighted by Crippen LogP contribution is -1.95. The molecule has 0 aliphatic rings. The van der Waals surface area contributed by atoms with Crippen molar-refractivity contribution in [3.8, 4) is 11.5 Å². The van der Waals surface area contributed by atoms with Gasteiger partial charge in [-0.05, 0) is 19.1 Å². The van der Waals surface area contributed by atoms with Crippen LogP contribution in [0.3, 0.4) is 0 Å². The molecule has 0 fully saturated rings. The van der Waals surface area contributed by atoms with Crippen molar-refractivity contribution < 1.29 is 0 Å². The molecule has 2 aromatic heterocycles. The van der Waals surface area contributed by atoms with Crippen LogP contribution in [0.2, 0.25) is 0 Å². The first-order valence-electron chi connectivity index (χ1n) is 5.80. The average molecular weight is 256 g/mol. The number of pyridine rings is 1. The molecule has 0 unspecified atom stereocenters. The molecule has 5 heteroatoms. The summed E-state index contributed by atoms with van der Waals surface area (Å²) >= 11 is 1.36. The van der Waals surface area contributed by atoms with Crippen molar-refractivity contribution in [3.63, 3.8) is 0 Å². The predicted molar refractivity (Wildman–Crippen MR) is 74.8 cm³/mol. The highest BCUT2D eigenvalue weighted by molar-refractivity contribution is 7.09. The largest absolute Gasteiger partial charge is 0.361 e. The van der Waals surface area contributed by atoms with Crippen molar-refractivity contribution in [1.82, 2.24) is 14.3 Å². The number of aromatic nitrogens is 3. The fourth-order valence-corrected chi connectivity index (χ4v) is 2.38. The van der Waals surface area contributed by atoms with E-state index in [0.29, 0.717) is 5.82 Å². The summed E-state index contributed by atoms with van der Waals surface area (Å²) in [6.07, 6.45) is 0. The third-order valence-electron chi connectivity index (χ3n) is 2.58. The maximum atomic E-state index is 4.57. The first kappa shape index (κ1) is 11.1. The van der Waals surface area contributed by atoms with Gasteiger partial charge >= 0.3 is 0 Å². The molecule has 0 spiro atoms. The molecule has 1 N–H and O–H groups in total. The van der Waals surface area contributed by atoms with Crippen molar-refractivity contribution in [2.75, 3.05) is 11.9 Å². The zero-order valence-corrected chi connectivity index (χ0v) is 10.7. The molecule has 0 bridgehead atoms. The molecule has 3 rings (SSSR count). The van der Waals surface area contributed by atoms with Crippen LogP contribution in [-0.4, -0.2) is 20.9 Å². The number of fused-ring (bicyclic) bond motifs is 1. The Morgan fingerprint density at radius 2 is 2.00 bits per heavy atom. The van der Waals surface area contributed by atoms with E-state index < -0.39 is 0 Å². The number of para-hydroxylation sites is 1. The Morgan fingerprint density at radius 3 is 2.89 bits per heavy atom. The van der Waals surface area contributed by atoms with Gasteiger partial charge in [-0.3, -0.25) is 0 Å². The number of anilines is 1. The van der Waals surface area contributed by atoms with E-state index in [2.05, 4.69) is 19.7 Å². The van der Waals surface area contributed by atoms with Gasteiger partial charge in [-0.2, -0.15) is 9.36 Å². The summed E-state index contributed by atoms with van der Waals surface area (Å²) in [5, 5.41) is 5.12. The van der Waals surface area contributed by atoms with Crippen LogP contribution in [0.25, 0.3) is 22.4 Å². The highest BCUT2D eigenvalue weighted by Gasteiger charge is 2.07. The van der Waals surface area contributed by atoms with Crippen molar-refractivity contribution in [2.45, 2.75) is 6.92 Å². The molecule has 90 valence electrons. The quantitative estimate of drug-likeness (QED) is 0.782. The maximum Gasteiger partial charge on any atom is 0.202 e. The van der Waals surface area contributed by atoms with Gasteiger partial charge in [0.05, 0.1) is 5.52 Å². The molecule has 4 nitrogen and oxygen atoms in total. The SMILES string of the molecule is CCNc1nc(-c2ccc3ccccc3n2)ns1. The molecule has 0 atom stereocenters. The van der Waals surface area contributed by atoms with Crippen LogP contribution in [0.4, 0.5) is 5.13 Å². The topological polar surface area (TPSA) is 50.7 Å². The molecule has 0 aliphatic heterocycles. The number of hydrogen-bond donors (Lipinski definition) is 1. The van der Waals surface area contributed by atoms with Gasteiger partial charge in [0, 0.05) is 23.5 Å². The summed E-state index contributed by atoms with van der Waals surface area (Å²) in [5.41, 5.74) is 1.78. The first-order valence-corrected chi connectivity index (χ1v) is 6.58. The van der Waals surface area contributed by atoms with E-state index in [1.54, 1.807) is 0 Å². The van der Waals surface area contributed by atoms with Crippen LogP contribution in [0.15, 0.2) is 36.4 Å². The molecule has 1 aromatic carbocycles. The molecular weight excluding hydrogens is 244 g/mol. The van der Waals surface area contributed by atoms with Crippen LogP contribution in [0, 0.1) is 0 Å². The summed E-state index contributed by atoms with van der Waals surface area (Å²) < 4.78 is 4.32. The molecular formula is C13H12N4S. The van der Waals surface area contributed by atoms with E-state index in [1.807, 2.05) is 43.3 Å². The third-order valence-corrected chi connectivity index (χ3v) is 3.25. The fourth-order valence-electron chi connectivity index (χ4n) is 1.74. The summed E-state index contributed by atoms with van der Waals surface area (Å²) in [6.45, 7) is 2.88. The van der Waals surface area contributed by atoms with Gasteiger partial charge in [0.1, 0.15) is 5.69 Å². The monoisotopic (exact) mass is 256 g/mol. The molecule has 3 aromatic rings. The lowest BCUT2D eigenvalue weighted by Gasteiger charge is -1.99. The van der Waals surface area contributed by atoms with Gasteiger partial charge in [0.25, 0.3) is 0 Å². The number of nitrogens with zero attached hydrogens (tertiary/aromatic N) is 3. The van der Waals surface area contributed by atoms with Crippen molar-refractivity contribution in [3.05, 3.63) is 36.4 Å². The molecule has 0 radical (unpaired) electrons. The molecule has 0 saturated carbocycles. The van der Waals surface area contributed by atoms with Gasteiger partial charge in [-0.1, -0.05) is 24.3 Å². The van der Waals surface area contributed by atoms with Crippen molar-refractivity contribution in [2.24, 2.45) is 0 Å². The standard InChI is InChI=1S/C13H12N4S/c1-2-14-13-16-12(17-18-13)11-8-7-9-5-3-4-6-10(9)15-11/h3-8H,2H2,1H3,(H,14,16,17). The van der Waals surface area contributed by atoms with Gasteiger partial charge in [-0.15, -0.1) is 0 Å². The van der Waals surface area contributed by atoms with Gasteiger partial charge in [-0.25, -0.2) is 4.98 Å². The third kappa shape index (κ3) is 2.04. The minimum atomic E-state index is 0.682. The Morgan fingerprint density at radius 1 is 1.11 bits per heavy atom. The molecule has 0 aliphatic carbocycles. The van der Waals surface area contributed by atoms with E-state index >= 15 is 0 Å². The highest BCUT2D eigenvalue weighted by atomic mass is 32.1. The summed E-state index contributed by atoms with van der Waals surface area (Å²) in [6, 6.07) is 12.0. The van der Waals surface area contributed by atoms with E-state index in [-0.39, 0.29) is 0 Å². The Balaban J connectivity index is 2.02. The van der Waals surface area contributed by atoms with Gasteiger partial charge < -0.3 is 5.32 Å². The minimum absolute atomic E-state index is 0.682. The highest BCUT2D eigenvalue weighted by Crippen LogP contribution is 2.21. The van der Waals surface area contributed by atoms with Gasteiger partial charge in [0.2, 0.25) is 5.13 Å². The minimum Gasteiger partial charge on any atom is -0.361 e. The molecule has 18 heavy (non-hydrogen) atoms. The molecule has 0 saturated heterocycles. The van der Waals surface area contributed by atoms with E-state index in [4.69, 9.17) is 0 Å². The van der Waals surface area contributed by atoms with Crippen LogP contribution in [-0.2, 0) is 0 Å². The van der Waals surface area contributed by atoms with E-state index in [1.165, 1.54) is 11.5 Å². The van der Waals surface area contributed by atoms with Crippen LogP contribution >= 0.6 is 11.5 Å². The van der Waals surface area contributed by atoms with E-state index in [9.17, 15) is 0 Å². The number of rotatable bonds is 3. The normalized spacial score (nSPS) is 10.7. The number of benzene rings is 1.